The molecular formula is C23H27NO6S. The average molecular weight is 446 g/mol. The smallest absolute Gasteiger partial charge is 0.338 e. The number of rotatable bonds is 8. The number of esters is 1. The van der Waals surface area contributed by atoms with Crippen LogP contribution < -0.4 is 4.74 Å². The molecule has 1 atom stereocenters. The monoisotopic (exact) mass is 445 g/mol. The third-order valence-electron chi connectivity index (χ3n) is 5.15. The van der Waals surface area contributed by atoms with Crippen molar-refractivity contribution in [3.05, 3.63) is 59.7 Å². The number of hydrogen-bond donors (Lipinski definition) is 0. The Bertz CT molecular complexity index is 1010. The number of piperidine rings is 1. The second-order valence-electron chi connectivity index (χ2n) is 7.36. The maximum atomic E-state index is 12.7. The summed E-state index contributed by atoms with van der Waals surface area (Å²) < 4.78 is 37.5. The van der Waals surface area contributed by atoms with Crippen LogP contribution in [0.25, 0.3) is 0 Å². The number of nitrogens with zero attached hydrogens (tertiary/aromatic N) is 1. The van der Waals surface area contributed by atoms with Crippen molar-refractivity contribution in [3.8, 4) is 5.75 Å². The standard InChI is InChI=1S/C23H27NO6S/c1-3-29-20-11-7-18(8-12-20)22(25)17(2)30-23(26)19-9-13-21(14-10-19)31(27,28)24-15-5-4-6-16-24/h7-14,17H,3-6,15-16H2,1-2H3/t17-/m0/s1. The van der Waals surface area contributed by atoms with Crippen LogP contribution in [0.3, 0.4) is 0 Å². The summed E-state index contributed by atoms with van der Waals surface area (Å²) in [5, 5.41) is 0. The summed E-state index contributed by atoms with van der Waals surface area (Å²) in [6.45, 7) is 4.93. The molecule has 0 saturated carbocycles. The van der Waals surface area contributed by atoms with Gasteiger partial charge in [-0.2, -0.15) is 4.31 Å². The van der Waals surface area contributed by atoms with Crippen LogP contribution in [0.5, 0.6) is 5.75 Å². The number of benzene rings is 2. The van der Waals surface area contributed by atoms with Gasteiger partial charge in [-0.15, -0.1) is 0 Å². The van der Waals surface area contributed by atoms with Crippen LogP contribution in [-0.4, -0.2) is 50.3 Å². The zero-order valence-electron chi connectivity index (χ0n) is 17.7. The molecule has 31 heavy (non-hydrogen) atoms. The highest BCUT2D eigenvalue weighted by atomic mass is 32.2. The molecule has 1 heterocycles. The van der Waals surface area contributed by atoms with Gasteiger partial charge in [-0.05, 0) is 75.2 Å². The number of ether oxygens (including phenoxy) is 2. The summed E-state index contributed by atoms with van der Waals surface area (Å²) >= 11 is 0. The molecule has 0 spiro atoms. The van der Waals surface area contributed by atoms with Gasteiger partial charge in [0.1, 0.15) is 5.75 Å². The van der Waals surface area contributed by atoms with E-state index in [1.54, 1.807) is 24.3 Å². The van der Waals surface area contributed by atoms with Gasteiger partial charge in [-0.25, -0.2) is 13.2 Å². The molecule has 0 radical (unpaired) electrons. The Morgan fingerprint density at radius 2 is 1.52 bits per heavy atom. The van der Waals surface area contributed by atoms with E-state index in [0.717, 1.165) is 19.3 Å². The number of carbonyl (C=O) groups is 2. The van der Waals surface area contributed by atoms with Crippen molar-refractivity contribution in [1.82, 2.24) is 4.31 Å². The normalized spacial score (nSPS) is 15.8. The molecule has 8 heteroatoms. The number of Topliss-reactive ketones (excluding diaryl/α,β-unsaturated/α-hetero) is 1. The van der Waals surface area contributed by atoms with Crippen LogP contribution in [0.15, 0.2) is 53.4 Å². The van der Waals surface area contributed by atoms with E-state index in [4.69, 9.17) is 9.47 Å². The third kappa shape index (κ3) is 5.51. The fourth-order valence-corrected chi connectivity index (χ4v) is 4.93. The van der Waals surface area contributed by atoms with E-state index in [-0.39, 0.29) is 16.2 Å². The first-order valence-electron chi connectivity index (χ1n) is 10.4. The van der Waals surface area contributed by atoms with E-state index >= 15 is 0 Å². The highest BCUT2D eigenvalue weighted by Gasteiger charge is 2.26. The summed E-state index contributed by atoms with van der Waals surface area (Å²) in [5.41, 5.74) is 0.593. The van der Waals surface area contributed by atoms with E-state index in [1.165, 1.54) is 35.5 Å². The molecule has 0 aromatic heterocycles. The van der Waals surface area contributed by atoms with Gasteiger partial charge in [0.15, 0.2) is 6.10 Å². The van der Waals surface area contributed by atoms with E-state index < -0.39 is 22.1 Å². The van der Waals surface area contributed by atoms with Crippen molar-refractivity contribution in [1.29, 1.82) is 0 Å². The first-order valence-corrected chi connectivity index (χ1v) is 11.8. The molecule has 0 aliphatic carbocycles. The Labute approximate surface area is 183 Å². The minimum absolute atomic E-state index is 0.143. The Morgan fingerprint density at radius 3 is 2.10 bits per heavy atom. The summed E-state index contributed by atoms with van der Waals surface area (Å²) in [6.07, 6.45) is 1.75. The predicted molar refractivity (Wildman–Crippen MR) is 116 cm³/mol. The molecule has 0 unspecified atom stereocenters. The summed E-state index contributed by atoms with van der Waals surface area (Å²) in [5.74, 6) is -0.363. The summed E-state index contributed by atoms with van der Waals surface area (Å²) in [6, 6.07) is 12.2. The van der Waals surface area contributed by atoms with E-state index in [0.29, 0.717) is 31.0 Å². The lowest BCUT2D eigenvalue weighted by Crippen LogP contribution is -2.35. The lowest BCUT2D eigenvalue weighted by molar-refractivity contribution is 0.0318. The van der Waals surface area contributed by atoms with Crippen molar-refractivity contribution < 1.29 is 27.5 Å². The largest absolute Gasteiger partial charge is 0.494 e. The molecule has 1 aliphatic rings. The predicted octanol–water partition coefficient (Wildman–Crippen LogP) is 3.69. The van der Waals surface area contributed by atoms with Crippen molar-refractivity contribution in [2.24, 2.45) is 0 Å². The Morgan fingerprint density at radius 1 is 0.935 bits per heavy atom. The zero-order chi connectivity index (χ0) is 22.4. The minimum Gasteiger partial charge on any atom is -0.494 e. The van der Waals surface area contributed by atoms with E-state index in [2.05, 4.69) is 0 Å². The Balaban J connectivity index is 1.64. The molecule has 0 amide bonds. The van der Waals surface area contributed by atoms with E-state index in [9.17, 15) is 18.0 Å². The van der Waals surface area contributed by atoms with Gasteiger partial charge in [-0.3, -0.25) is 4.79 Å². The molecule has 0 N–H and O–H groups in total. The van der Waals surface area contributed by atoms with Crippen LogP contribution in [-0.2, 0) is 14.8 Å². The Kier molecular flexibility index (Phi) is 7.46. The lowest BCUT2D eigenvalue weighted by Gasteiger charge is -2.25. The van der Waals surface area contributed by atoms with E-state index in [1.807, 2.05) is 6.92 Å². The molecule has 2 aromatic carbocycles. The summed E-state index contributed by atoms with van der Waals surface area (Å²) in [4.78, 5) is 25.1. The van der Waals surface area contributed by atoms with Crippen LogP contribution in [0, 0.1) is 0 Å². The van der Waals surface area contributed by atoms with Gasteiger partial charge in [0, 0.05) is 18.7 Å². The Hall–Kier alpha value is -2.71. The van der Waals surface area contributed by atoms with Gasteiger partial charge in [0.2, 0.25) is 15.8 Å². The quantitative estimate of drug-likeness (QED) is 0.455. The maximum absolute atomic E-state index is 12.7. The van der Waals surface area contributed by atoms with Gasteiger partial charge >= 0.3 is 5.97 Å². The van der Waals surface area contributed by atoms with Crippen LogP contribution in [0.2, 0.25) is 0 Å². The van der Waals surface area contributed by atoms with Gasteiger partial charge in [-0.1, -0.05) is 6.42 Å². The number of carbonyl (C=O) groups excluding carboxylic acids is 2. The molecule has 1 aliphatic heterocycles. The molecule has 1 fully saturated rings. The molecule has 0 bridgehead atoms. The number of ketones is 1. The highest BCUT2D eigenvalue weighted by Crippen LogP contribution is 2.21. The van der Waals surface area contributed by atoms with Crippen molar-refractivity contribution in [2.75, 3.05) is 19.7 Å². The van der Waals surface area contributed by atoms with Gasteiger partial charge in [0.05, 0.1) is 17.1 Å². The minimum atomic E-state index is -3.57. The third-order valence-corrected chi connectivity index (χ3v) is 7.06. The van der Waals surface area contributed by atoms with Crippen LogP contribution in [0.4, 0.5) is 0 Å². The molecule has 2 aromatic rings. The molecule has 3 rings (SSSR count). The maximum Gasteiger partial charge on any atom is 0.338 e. The van der Waals surface area contributed by atoms with Crippen molar-refractivity contribution in [2.45, 2.75) is 44.1 Å². The SMILES string of the molecule is CCOc1ccc(C(=O)[C@H](C)OC(=O)c2ccc(S(=O)(=O)N3CCCCC3)cc2)cc1. The lowest BCUT2D eigenvalue weighted by atomic mass is 10.1. The molecule has 166 valence electrons. The average Bonchev–Trinajstić information content (AvgIpc) is 2.80. The first kappa shape index (κ1) is 23.0. The second-order valence-corrected chi connectivity index (χ2v) is 9.30. The highest BCUT2D eigenvalue weighted by molar-refractivity contribution is 7.89. The summed E-state index contributed by atoms with van der Waals surface area (Å²) in [7, 11) is -3.57. The second kappa shape index (κ2) is 10.1. The number of sulfonamides is 1. The number of hydrogen-bond acceptors (Lipinski definition) is 6. The van der Waals surface area contributed by atoms with Crippen LogP contribution >= 0.6 is 0 Å². The topological polar surface area (TPSA) is 90.0 Å². The molecule has 1 saturated heterocycles. The first-order chi connectivity index (χ1) is 14.8. The zero-order valence-corrected chi connectivity index (χ0v) is 18.6. The van der Waals surface area contributed by atoms with Crippen molar-refractivity contribution >= 4 is 21.8 Å². The molecule has 7 nitrogen and oxygen atoms in total. The molecular weight excluding hydrogens is 418 g/mol. The fourth-order valence-electron chi connectivity index (χ4n) is 3.42. The van der Waals surface area contributed by atoms with Crippen molar-refractivity contribution in [3.63, 3.8) is 0 Å². The fraction of sp³-hybridized carbons (Fsp3) is 0.391. The van der Waals surface area contributed by atoms with Gasteiger partial charge in [0.25, 0.3) is 0 Å². The van der Waals surface area contributed by atoms with Gasteiger partial charge < -0.3 is 9.47 Å². The van der Waals surface area contributed by atoms with Crippen LogP contribution in [0.1, 0.15) is 53.8 Å².